The molecular formula is C15H22FNO2. The van der Waals surface area contributed by atoms with Gasteiger partial charge in [0.25, 0.3) is 0 Å². The van der Waals surface area contributed by atoms with Gasteiger partial charge in [0.2, 0.25) is 5.91 Å². The van der Waals surface area contributed by atoms with Gasteiger partial charge in [-0.25, -0.2) is 4.39 Å². The number of phenolic OH excluding ortho intramolecular Hbond substituents is 1. The largest absolute Gasteiger partial charge is 0.505 e. The summed E-state index contributed by atoms with van der Waals surface area (Å²) in [6.07, 6.45) is 1.35. The van der Waals surface area contributed by atoms with Crippen LogP contribution in [-0.2, 0) is 4.79 Å². The second-order valence-corrected chi connectivity index (χ2v) is 6.29. The van der Waals surface area contributed by atoms with E-state index in [1.807, 2.05) is 6.92 Å². The van der Waals surface area contributed by atoms with Crippen molar-refractivity contribution in [2.75, 3.05) is 5.32 Å². The Morgan fingerprint density at radius 2 is 2.05 bits per heavy atom. The maximum absolute atomic E-state index is 13.1. The zero-order chi connectivity index (χ0) is 14.6. The molecule has 0 bridgehead atoms. The van der Waals surface area contributed by atoms with Crippen LogP contribution in [0.5, 0.6) is 5.75 Å². The molecule has 4 heteroatoms. The second-order valence-electron chi connectivity index (χ2n) is 6.29. The van der Waals surface area contributed by atoms with Gasteiger partial charge in [-0.15, -0.1) is 0 Å². The molecule has 3 nitrogen and oxygen atoms in total. The number of amides is 1. The van der Waals surface area contributed by atoms with E-state index in [-0.39, 0.29) is 17.2 Å². The molecule has 1 aromatic carbocycles. The highest BCUT2D eigenvalue weighted by molar-refractivity contribution is 5.90. The van der Waals surface area contributed by atoms with Crippen LogP contribution in [0.2, 0.25) is 0 Å². The van der Waals surface area contributed by atoms with E-state index >= 15 is 0 Å². The van der Waals surface area contributed by atoms with Crippen LogP contribution < -0.4 is 5.32 Å². The standard InChI is InChI=1S/C15H22FNO2/c1-10(9-15(2,3)4)7-14(19)17-11-5-6-13(18)12(16)8-11/h5-6,8,10,18H,7,9H2,1-4H3,(H,17,19). The van der Waals surface area contributed by atoms with Crippen LogP contribution in [0.3, 0.4) is 0 Å². The molecule has 0 aromatic heterocycles. The summed E-state index contributed by atoms with van der Waals surface area (Å²) in [7, 11) is 0. The van der Waals surface area contributed by atoms with E-state index in [1.54, 1.807) is 0 Å². The summed E-state index contributed by atoms with van der Waals surface area (Å²) in [5.41, 5.74) is 0.549. The average Bonchev–Trinajstić information content (AvgIpc) is 2.20. The first-order chi connectivity index (χ1) is 8.67. The van der Waals surface area contributed by atoms with Gasteiger partial charge in [0.1, 0.15) is 0 Å². The van der Waals surface area contributed by atoms with Gasteiger partial charge in [-0.3, -0.25) is 4.79 Å². The summed E-state index contributed by atoms with van der Waals surface area (Å²) in [5.74, 6) is -1.02. The number of hydrogen-bond donors (Lipinski definition) is 2. The highest BCUT2D eigenvalue weighted by atomic mass is 19.1. The molecule has 0 heterocycles. The number of anilines is 1. The Morgan fingerprint density at radius 3 is 2.58 bits per heavy atom. The van der Waals surface area contributed by atoms with Gasteiger partial charge in [-0.1, -0.05) is 27.7 Å². The summed E-state index contributed by atoms with van der Waals surface area (Å²) in [6.45, 7) is 8.44. The zero-order valence-corrected chi connectivity index (χ0v) is 12.0. The Balaban J connectivity index is 2.53. The molecule has 0 aliphatic heterocycles. The third-order valence-corrected chi connectivity index (χ3v) is 2.73. The number of phenols is 1. The fraction of sp³-hybridized carbons (Fsp3) is 0.533. The minimum Gasteiger partial charge on any atom is -0.505 e. The monoisotopic (exact) mass is 267 g/mol. The van der Waals surface area contributed by atoms with E-state index < -0.39 is 11.6 Å². The molecule has 0 aliphatic carbocycles. The Labute approximate surface area is 113 Å². The molecule has 0 fully saturated rings. The number of halogens is 1. The SMILES string of the molecule is CC(CC(=O)Nc1ccc(O)c(F)c1)CC(C)(C)C. The van der Waals surface area contributed by atoms with Crippen LogP contribution in [0, 0.1) is 17.2 Å². The summed E-state index contributed by atoms with van der Waals surface area (Å²) < 4.78 is 13.1. The molecule has 19 heavy (non-hydrogen) atoms. The first-order valence-electron chi connectivity index (χ1n) is 6.46. The molecule has 1 rings (SSSR count). The Kier molecular flexibility index (Phi) is 4.92. The van der Waals surface area contributed by atoms with Crippen LogP contribution in [0.25, 0.3) is 0 Å². The van der Waals surface area contributed by atoms with Crippen molar-refractivity contribution >= 4 is 11.6 Å². The Bertz CT molecular complexity index is 452. The highest BCUT2D eigenvalue weighted by Gasteiger charge is 2.18. The van der Waals surface area contributed by atoms with Crippen LogP contribution in [0.15, 0.2) is 18.2 Å². The van der Waals surface area contributed by atoms with Crippen molar-refractivity contribution in [1.29, 1.82) is 0 Å². The number of nitrogens with one attached hydrogen (secondary N) is 1. The maximum atomic E-state index is 13.1. The van der Waals surface area contributed by atoms with E-state index in [0.29, 0.717) is 12.1 Å². The second kappa shape index (κ2) is 6.04. The van der Waals surface area contributed by atoms with Crippen molar-refractivity contribution in [3.63, 3.8) is 0 Å². The van der Waals surface area contributed by atoms with Crippen molar-refractivity contribution in [2.45, 2.75) is 40.5 Å². The smallest absolute Gasteiger partial charge is 0.224 e. The molecular weight excluding hydrogens is 245 g/mol. The predicted octanol–water partition coefficient (Wildman–Crippen LogP) is 3.93. The zero-order valence-electron chi connectivity index (χ0n) is 12.0. The normalized spacial score (nSPS) is 13.1. The van der Waals surface area contributed by atoms with Crippen molar-refractivity contribution < 1.29 is 14.3 Å². The molecule has 0 radical (unpaired) electrons. The fourth-order valence-corrected chi connectivity index (χ4v) is 2.23. The van der Waals surface area contributed by atoms with Gasteiger partial charge in [-0.05, 0) is 29.9 Å². The lowest BCUT2D eigenvalue weighted by atomic mass is 9.84. The van der Waals surface area contributed by atoms with E-state index in [2.05, 4.69) is 26.1 Å². The summed E-state index contributed by atoms with van der Waals surface area (Å²) in [5, 5.41) is 11.7. The number of carbonyl (C=O) groups is 1. The number of carbonyl (C=O) groups excluding carboxylic acids is 1. The molecule has 1 amide bonds. The van der Waals surface area contributed by atoms with Gasteiger partial charge >= 0.3 is 0 Å². The number of hydrogen-bond acceptors (Lipinski definition) is 2. The molecule has 1 unspecified atom stereocenters. The molecule has 0 saturated carbocycles. The van der Waals surface area contributed by atoms with Crippen molar-refractivity contribution in [2.24, 2.45) is 11.3 Å². The lowest BCUT2D eigenvalue weighted by Gasteiger charge is -2.22. The van der Waals surface area contributed by atoms with Crippen LogP contribution in [0.1, 0.15) is 40.5 Å². The van der Waals surface area contributed by atoms with Crippen molar-refractivity contribution in [3.05, 3.63) is 24.0 Å². The van der Waals surface area contributed by atoms with Crippen molar-refractivity contribution in [1.82, 2.24) is 0 Å². The third-order valence-electron chi connectivity index (χ3n) is 2.73. The molecule has 1 atom stereocenters. The highest BCUT2D eigenvalue weighted by Crippen LogP contribution is 2.26. The van der Waals surface area contributed by atoms with E-state index in [9.17, 15) is 9.18 Å². The predicted molar refractivity (Wildman–Crippen MR) is 74.5 cm³/mol. The van der Waals surface area contributed by atoms with Gasteiger partial charge in [0.05, 0.1) is 0 Å². The maximum Gasteiger partial charge on any atom is 0.224 e. The van der Waals surface area contributed by atoms with E-state index in [0.717, 1.165) is 12.5 Å². The molecule has 0 saturated heterocycles. The molecule has 0 aliphatic rings. The third kappa shape index (κ3) is 5.73. The molecule has 2 N–H and O–H groups in total. The minimum atomic E-state index is -0.736. The molecule has 1 aromatic rings. The van der Waals surface area contributed by atoms with Crippen molar-refractivity contribution in [3.8, 4) is 5.75 Å². The van der Waals surface area contributed by atoms with Crippen LogP contribution >= 0.6 is 0 Å². The Hall–Kier alpha value is -1.58. The average molecular weight is 267 g/mol. The topological polar surface area (TPSA) is 49.3 Å². The lowest BCUT2D eigenvalue weighted by molar-refractivity contribution is -0.117. The molecule has 106 valence electrons. The van der Waals surface area contributed by atoms with Gasteiger partial charge in [0, 0.05) is 18.2 Å². The summed E-state index contributed by atoms with van der Waals surface area (Å²) in [4.78, 5) is 11.8. The number of rotatable bonds is 4. The van der Waals surface area contributed by atoms with Crippen LogP contribution in [0.4, 0.5) is 10.1 Å². The first kappa shape index (κ1) is 15.5. The van der Waals surface area contributed by atoms with Gasteiger partial charge in [0.15, 0.2) is 11.6 Å². The fourth-order valence-electron chi connectivity index (χ4n) is 2.23. The number of aromatic hydroxyl groups is 1. The minimum absolute atomic E-state index is 0.137. The van der Waals surface area contributed by atoms with E-state index in [4.69, 9.17) is 5.11 Å². The first-order valence-corrected chi connectivity index (χ1v) is 6.46. The lowest BCUT2D eigenvalue weighted by Crippen LogP contribution is -2.18. The van der Waals surface area contributed by atoms with E-state index in [1.165, 1.54) is 12.1 Å². The van der Waals surface area contributed by atoms with Gasteiger partial charge < -0.3 is 10.4 Å². The quantitative estimate of drug-likeness (QED) is 0.812. The summed E-state index contributed by atoms with van der Waals surface area (Å²) >= 11 is 0. The van der Waals surface area contributed by atoms with Gasteiger partial charge in [-0.2, -0.15) is 0 Å². The summed E-state index contributed by atoms with van der Waals surface area (Å²) in [6, 6.07) is 3.82. The molecule has 0 spiro atoms. The van der Waals surface area contributed by atoms with Crippen LogP contribution in [-0.4, -0.2) is 11.0 Å². The Morgan fingerprint density at radius 1 is 1.42 bits per heavy atom. The number of benzene rings is 1.